The highest BCUT2D eigenvalue weighted by Gasteiger charge is 2.12. The molecule has 2 N–H and O–H groups in total. The third kappa shape index (κ3) is 6.19. The molecule has 1 aromatic rings. The Bertz CT molecular complexity index is 329. The molecular weight excluding hydrogens is 238 g/mol. The smallest absolute Gasteiger partial charge is 0.0898 e. The van der Waals surface area contributed by atoms with Gasteiger partial charge in [0.1, 0.15) is 0 Å². The van der Waals surface area contributed by atoms with E-state index in [1.165, 1.54) is 5.56 Å². The molecule has 0 aromatic heterocycles. The van der Waals surface area contributed by atoms with Crippen molar-refractivity contribution in [2.45, 2.75) is 51.9 Å². The standard InChI is InChI=1S/C16H27NO2/c1-4-13(3)17-11-15(18)12-19-16(5-2)14-9-7-6-8-10-14/h6-10,13,15-18H,4-5,11-12H2,1-3H3/t13-,15-,16-/m0/s1. The zero-order chi connectivity index (χ0) is 14.1. The number of benzene rings is 1. The lowest BCUT2D eigenvalue weighted by Crippen LogP contribution is -2.35. The van der Waals surface area contributed by atoms with Gasteiger partial charge in [-0.05, 0) is 25.3 Å². The molecule has 0 amide bonds. The Labute approximate surface area is 117 Å². The van der Waals surface area contributed by atoms with E-state index in [1.54, 1.807) is 0 Å². The molecule has 3 atom stereocenters. The highest BCUT2D eigenvalue weighted by molar-refractivity contribution is 5.17. The van der Waals surface area contributed by atoms with Crippen LogP contribution in [0.1, 0.15) is 45.3 Å². The van der Waals surface area contributed by atoms with Crippen LogP contribution in [0, 0.1) is 0 Å². The molecule has 0 unspecified atom stereocenters. The van der Waals surface area contributed by atoms with Gasteiger partial charge >= 0.3 is 0 Å². The minimum atomic E-state index is -0.452. The number of aliphatic hydroxyl groups is 1. The van der Waals surface area contributed by atoms with Crippen LogP contribution < -0.4 is 5.32 Å². The highest BCUT2D eigenvalue weighted by atomic mass is 16.5. The van der Waals surface area contributed by atoms with Crippen LogP contribution in [0.2, 0.25) is 0 Å². The molecule has 108 valence electrons. The van der Waals surface area contributed by atoms with Gasteiger partial charge in [-0.25, -0.2) is 0 Å². The molecule has 0 aliphatic carbocycles. The highest BCUT2D eigenvalue weighted by Crippen LogP contribution is 2.20. The van der Waals surface area contributed by atoms with E-state index >= 15 is 0 Å². The third-order valence-electron chi connectivity index (χ3n) is 3.35. The average Bonchev–Trinajstić information content (AvgIpc) is 2.46. The second-order valence-electron chi connectivity index (χ2n) is 5.01. The lowest BCUT2D eigenvalue weighted by Gasteiger charge is -2.20. The molecule has 0 spiro atoms. The van der Waals surface area contributed by atoms with E-state index in [-0.39, 0.29) is 6.10 Å². The second-order valence-corrected chi connectivity index (χ2v) is 5.01. The summed E-state index contributed by atoms with van der Waals surface area (Å²) in [5.41, 5.74) is 1.17. The van der Waals surface area contributed by atoms with Crippen LogP contribution in [0.5, 0.6) is 0 Å². The Kier molecular flexibility index (Phi) is 7.72. The van der Waals surface area contributed by atoms with Gasteiger partial charge in [0, 0.05) is 12.6 Å². The summed E-state index contributed by atoms with van der Waals surface area (Å²) in [6.07, 6.45) is 1.59. The van der Waals surface area contributed by atoms with Crippen LogP contribution in [-0.2, 0) is 4.74 Å². The predicted molar refractivity (Wildman–Crippen MR) is 79.2 cm³/mol. The quantitative estimate of drug-likeness (QED) is 0.721. The van der Waals surface area contributed by atoms with Gasteiger partial charge in [0.05, 0.1) is 18.8 Å². The van der Waals surface area contributed by atoms with E-state index in [1.807, 2.05) is 18.2 Å². The van der Waals surface area contributed by atoms with Crippen molar-refractivity contribution in [1.82, 2.24) is 5.32 Å². The van der Waals surface area contributed by atoms with Crippen LogP contribution in [0.15, 0.2) is 30.3 Å². The Morgan fingerprint density at radius 2 is 1.84 bits per heavy atom. The second kappa shape index (κ2) is 9.08. The van der Waals surface area contributed by atoms with Gasteiger partial charge in [0.2, 0.25) is 0 Å². The molecule has 0 saturated carbocycles. The summed E-state index contributed by atoms with van der Waals surface area (Å²) in [6.45, 7) is 7.30. The fourth-order valence-corrected chi connectivity index (χ4v) is 1.89. The molecule has 0 aliphatic rings. The minimum absolute atomic E-state index is 0.0689. The van der Waals surface area contributed by atoms with Crippen molar-refractivity contribution in [3.05, 3.63) is 35.9 Å². The number of hydrogen-bond acceptors (Lipinski definition) is 3. The minimum Gasteiger partial charge on any atom is -0.389 e. The van der Waals surface area contributed by atoms with Crippen LogP contribution >= 0.6 is 0 Å². The van der Waals surface area contributed by atoms with Crippen LogP contribution in [0.4, 0.5) is 0 Å². The first-order valence-electron chi connectivity index (χ1n) is 7.25. The van der Waals surface area contributed by atoms with Gasteiger partial charge in [-0.15, -0.1) is 0 Å². The molecule has 19 heavy (non-hydrogen) atoms. The third-order valence-corrected chi connectivity index (χ3v) is 3.35. The van der Waals surface area contributed by atoms with Crippen LogP contribution in [0.3, 0.4) is 0 Å². The summed E-state index contributed by atoms with van der Waals surface area (Å²) < 4.78 is 5.82. The zero-order valence-electron chi connectivity index (χ0n) is 12.3. The number of ether oxygens (including phenoxy) is 1. The fraction of sp³-hybridized carbons (Fsp3) is 0.625. The molecule has 1 aromatic carbocycles. The molecule has 0 fully saturated rings. The number of rotatable bonds is 9. The Hall–Kier alpha value is -0.900. The van der Waals surface area contributed by atoms with Crippen LogP contribution in [0.25, 0.3) is 0 Å². The van der Waals surface area contributed by atoms with Crippen molar-refractivity contribution < 1.29 is 9.84 Å². The summed E-state index contributed by atoms with van der Waals surface area (Å²) >= 11 is 0. The van der Waals surface area contributed by atoms with E-state index in [0.29, 0.717) is 19.2 Å². The van der Waals surface area contributed by atoms with Crippen molar-refractivity contribution in [2.24, 2.45) is 0 Å². The molecule has 0 saturated heterocycles. The topological polar surface area (TPSA) is 41.5 Å². The summed E-state index contributed by atoms with van der Waals surface area (Å²) in [7, 11) is 0. The van der Waals surface area contributed by atoms with Gasteiger partial charge in [-0.2, -0.15) is 0 Å². The lowest BCUT2D eigenvalue weighted by atomic mass is 10.1. The van der Waals surface area contributed by atoms with Crippen molar-refractivity contribution >= 4 is 0 Å². The van der Waals surface area contributed by atoms with Gasteiger partial charge in [-0.1, -0.05) is 44.2 Å². The maximum absolute atomic E-state index is 9.90. The molecule has 3 heteroatoms. The van der Waals surface area contributed by atoms with Crippen molar-refractivity contribution in [1.29, 1.82) is 0 Å². The first-order valence-corrected chi connectivity index (χ1v) is 7.25. The Morgan fingerprint density at radius 1 is 1.16 bits per heavy atom. The summed E-state index contributed by atoms with van der Waals surface area (Å²) in [6, 6.07) is 10.6. The summed E-state index contributed by atoms with van der Waals surface area (Å²) in [4.78, 5) is 0. The van der Waals surface area contributed by atoms with Crippen molar-refractivity contribution in [3.63, 3.8) is 0 Å². The molecule has 0 bridgehead atoms. The molecule has 0 aliphatic heterocycles. The normalized spacial score (nSPS) is 16.0. The molecule has 0 radical (unpaired) electrons. The number of hydrogen-bond donors (Lipinski definition) is 2. The Balaban J connectivity index is 2.33. The van der Waals surface area contributed by atoms with E-state index in [9.17, 15) is 5.11 Å². The molecule has 3 nitrogen and oxygen atoms in total. The van der Waals surface area contributed by atoms with Gasteiger partial charge in [0.25, 0.3) is 0 Å². The zero-order valence-corrected chi connectivity index (χ0v) is 12.3. The average molecular weight is 265 g/mol. The SMILES string of the molecule is CC[C@H](OC[C@@H](O)CN[C@@H](C)CC)c1ccccc1. The molecular formula is C16H27NO2. The predicted octanol–water partition coefficient (Wildman–Crippen LogP) is 2.90. The number of nitrogens with one attached hydrogen (secondary N) is 1. The van der Waals surface area contributed by atoms with Crippen molar-refractivity contribution in [2.75, 3.05) is 13.2 Å². The monoisotopic (exact) mass is 265 g/mol. The number of aliphatic hydroxyl groups excluding tert-OH is 1. The van der Waals surface area contributed by atoms with Crippen molar-refractivity contribution in [3.8, 4) is 0 Å². The van der Waals surface area contributed by atoms with Gasteiger partial charge in [-0.3, -0.25) is 0 Å². The van der Waals surface area contributed by atoms with E-state index in [4.69, 9.17) is 4.74 Å². The van der Waals surface area contributed by atoms with Crippen LogP contribution in [-0.4, -0.2) is 30.4 Å². The van der Waals surface area contributed by atoms with E-state index in [0.717, 1.165) is 12.8 Å². The lowest BCUT2D eigenvalue weighted by molar-refractivity contribution is -0.0120. The largest absolute Gasteiger partial charge is 0.389 e. The summed E-state index contributed by atoms with van der Waals surface area (Å²) in [5, 5.41) is 13.2. The first-order chi connectivity index (χ1) is 9.17. The van der Waals surface area contributed by atoms with E-state index < -0.39 is 6.10 Å². The maximum Gasteiger partial charge on any atom is 0.0898 e. The molecule has 1 rings (SSSR count). The Morgan fingerprint density at radius 3 is 2.42 bits per heavy atom. The summed E-state index contributed by atoms with van der Waals surface area (Å²) in [5.74, 6) is 0. The maximum atomic E-state index is 9.90. The van der Waals surface area contributed by atoms with E-state index in [2.05, 4.69) is 38.2 Å². The van der Waals surface area contributed by atoms with Gasteiger partial charge in [0.15, 0.2) is 0 Å². The first kappa shape index (κ1) is 16.2. The fourth-order valence-electron chi connectivity index (χ4n) is 1.89. The molecule has 0 heterocycles. The van der Waals surface area contributed by atoms with Gasteiger partial charge < -0.3 is 15.2 Å².